The van der Waals surface area contributed by atoms with Crippen LogP contribution in [0.5, 0.6) is 11.5 Å². The van der Waals surface area contributed by atoms with E-state index >= 15 is 0 Å². The molecule has 0 aliphatic carbocycles. The minimum absolute atomic E-state index is 0.0363. The first-order chi connectivity index (χ1) is 8.74. The normalized spacial score (nSPS) is 19.0. The fourth-order valence-electron chi connectivity index (χ4n) is 1.99. The van der Waals surface area contributed by atoms with Crippen LogP contribution in [-0.2, 0) is 9.53 Å². The van der Waals surface area contributed by atoms with E-state index in [-0.39, 0.29) is 6.10 Å². The SMILES string of the molecule is COc1cc(C2CC(C)=CCO2)ccc1OC=O. The Hall–Kier alpha value is -1.81. The van der Waals surface area contributed by atoms with E-state index in [0.29, 0.717) is 24.6 Å². The van der Waals surface area contributed by atoms with Crippen molar-refractivity contribution in [2.75, 3.05) is 13.7 Å². The van der Waals surface area contributed by atoms with Crippen LogP contribution in [0, 0.1) is 0 Å². The second-order valence-corrected chi connectivity index (χ2v) is 4.20. The van der Waals surface area contributed by atoms with Crippen molar-refractivity contribution >= 4 is 6.47 Å². The smallest absolute Gasteiger partial charge is 0.298 e. The Morgan fingerprint density at radius 3 is 2.89 bits per heavy atom. The van der Waals surface area contributed by atoms with Gasteiger partial charge in [0.05, 0.1) is 19.8 Å². The summed E-state index contributed by atoms with van der Waals surface area (Å²) in [5.74, 6) is 0.953. The molecule has 1 aromatic carbocycles. The molecule has 1 atom stereocenters. The molecule has 1 aromatic rings. The number of methoxy groups -OCH3 is 1. The number of hydrogen-bond donors (Lipinski definition) is 0. The summed E-state index contributed by atoms with van der Waals surface area (Å²) >= 11 is 0. The highest BCUT2D eigenvalue weighted by Crippen LogP contribution is 2.34. The van der Waals surface area contributed by atoms with Crippen LogP contribution in [0.4, 0.5) is 0 Å². The van der Waals surface area contributed by atoms with Crippen LogP contribution in [0.1, 0.15) is 25.0 Å². The van der Waals surface area contributed by atoms with Gasteiger partial charge >= 0.3 is 0 Å². The Labute approximate surface area is 106 Å². The molecule has 1 aliphatic rings. The average Bonchev–Trinajstić information content (AvgIpc) is 2.39. The molecule has 0 aromatic heterocycles. The average molecular weight is 248 g/mol. The molecule has 4 heteroatoms. The van der Waals surface area contributed by atoms with Crippen molar-refractivity contribution in [1.29, 1.82) is 0 Å². The van der Waals surface area contributed by atoms with Crippen molar-refractivity contribution in [3.8, 4) is 11.5 Å². The third-order valence-corrected chi connectivity index (χ3v) is 2.97. The van der Waals surface area contributed by atoms with Crippen LogP contribution in [-0.4, -0.2) is 20.2 Å². The molecule has 96 valence electrons. The van der Waals surface area contributed by atoms with Gasteiger partial charge in [0.2, 0.25) is 0 Å². The van der Waals surface area contributed by atoms with E-state index in [0.717, 1.165) is 12.0 Å². The van der Waals surface area contributed by atoms with Crippen molar-refractivity contribution in [3.63, 3.8) is 0 Å². The molecule has 0 saturated heterocycles. The predicted molar refractivity (Wildman–Crippen MR) is 66.8 cm³/mol. The minimum atomic E-state index is 0.0363. The number of benzene rings is 1. The molecule has 1 unspecified atom stereocenters. The standard InChI is InChI=1S/C14H16O4/c1-10-5-6-17-13(7-10)11-3-4-12(18-9-15)14(8-11)16-2/h3-5,8-9,13H,6-7H2,1-2H3. The van der Waals surface area contributed by atoms with Crippen molar-refractivity contribution in [2.24, 2.45) is 0 Å². The quantitative estimate of drug-likeness (QED) is 0.607. The summed E-state index contributed by atoms with van der Waals surface area (Å²) in [4.78, 5) is 10.4. The first-order valence-corrected chi connectivity index (χ1v) is 5.80. The summed E-state index contributed by atoms with van der Waals surface area (Å²) in [6.45, 7) is 3.11. The van der Waals surface area contributed by atoms with Crippen molar-refractivity contribution in [3.05, 3.63) is 35.4 Å². The molecule has 18 heavy (non-hydrogen) atoms. The van der Waals surface area contributed by atoms with Crippen molar-refractivity contribution < 1.29 is 19.0 Å². The van der Waals surface area contributed by atoms with Gasteiger partial charge < -0.3 is 14.2 Å². The summed E-state index contributed by atoms with van der Waals surface area (Å²) in [5.41, 5.74) is 2.34. The van der Waals surface area contributed by atoms with Crippen molar-refractivity contribution in [2.45, 2.75) is 19.4 Å². The van der Waals surface area contributed by atoms with Crippen LogP contribution < -0.4 is 9.47 Å². The number of hydrogen-bond acceptors (Lipinski definition) is 4. The first kappa shape index (κ1) is 12.6. The highest BCUT2D eigenvalue weighted by Gasteiger charge is 2.18. The molecule has 0 N–H and O–H groups in total. The fraction of sp³-hybridized carbons (Fsp3) is 0.357. The van der Waals surface area contributed by atoms with Crippen LogP contribution in [0.15, 0.2) is 29.8 Å². The molecule has 1 aliphatic heterocycles. The molecule has 0 radical (unpaired) electrons. The third kappa shape index (κ3) is 2.71. The molecule has 4 nitrogen and oxygen atoms in total. The van der Waals surface area contributed by atoms with Gasteiger partial charge in [-0.3, -0.25) is 4.79 Å². The maximum Gasteiger partial charge on any atom is 0.298 e. The number of rotatable bonds is 4. The summed E-state index contributed by atoms with van der Waals surface area (Å²) in [7, 11) is 1.55. The second-order valence-electron chi connectivity index (χ2n) is 4.20. The molecule has 0 spiro atoms. The lowest BCUT2D eigenvalue weighted by Crippen LogP contribution is -2.10. The highest BCUT2D eigenvalue weighted by molar-refractivity contribution is 5.52. The number of ether oxygens (including phenoxy) is 3. The lowest BCUT2D eigenvalue weighted by molar-refractivity contribution is -0.120. The lowest BCUT2D eigenvalue weighted by Gasteiger charge is -2.23. The third-order valence-electron chi connectivity index (χ3n) is 2.97. The Morgan fingerprint density at radius 1 is 1.39 bits per heavy atom. The van der Waals surface area contributed by atoms with Gasteiger partial charge in [-0.2, -0.15) is 0 Å². The topological polar surface area (TPSA) is 44.8 Å². The summed E-state index contributed by atoms with van der Waals surface area (Å²) in [5, 5.41) is 0. The minimum Gasteiger partial charge on any atom is -0.493 e. The van der Waals surface area contributed by atoms with Crippen LogP contribution in [0.2, 0.25) is 0 Å². The van der Waals surface area contributed by atoms with E-state index in [1.165, 1.54) is 5.57 Å². The Kier molecular flexibility index (Phi) is 3.99. The van der Waals surface area contributed by atoms with Gasteiger partial charge in [0.1, 0.15) is 0 Å². The predicted octanol–water partition coefficient (Wildman–Crippen LogP) is 2.64. The van der Waals surface area contributed by atoms with Crippen LogP contribution in [0.3, 0.4) is 0 Å². The maximum absolute atomic E-state index is 10.4. The summed E-state index contributed by atoms with van der Waals surface area (Å²) in [6.07, 6.45) is 2.99. The molecule has 0 amide bonds. The molecule has 2 rings (SSSR count). The Morgan fingerprint density at radius 2 is 2.22 bits per heavy atom. The van der Waals surface area contributed by atoms with E-state index in [4.69, 9.17) is 14.2 Å². The molecule has 1 heterocycles. The van der Waals surface area contributed by atoms with E-state index in [2.05, 4.69) is 13.0 Å². The van der Waals surface area contributed by atoms with Crippen LogP contribution in [0.25, 0.3) is 0 Å². The monoisotopic (exact) mass is 248 g/mol. The summed E-state index contributed by atoms with van der Waals surface area (Å²) in [6, 6.07) is 5.46. The van der Waals surface area contributed by atoms with E-state index < -0.39 is 0 Å². The van der Waals surface area contributed by atoms with E-state index in [1.807, 2.05) is 12.1 Å². The molecular weight excluding hydrogens is 232 g/mol. The van der Waals surface area contributed by atoms with Crippen molar-refractivity contribution in [1.82, 2.24) is 0 Å². The van der Waals surface area contributed by atoms with Gasteiger partial charge in [0.25, 0.3) is 6.47 Å². The fourth-order valence-corrected chi connectivity index (χ4v) is 1.99. The molecule has 0 bridgehead atoms. The highest BCUT2D eigenvalue weighted by atomic mass is 16.5. The lowest BCUT2D eigenvalue weighted by atomic mass is 10.00. The zero-order valence-electron chi connectivity index (χ0n) is 10.5. The Bertz CT molecular complexity index is 465. The van der Waals surface area contributed by atoms with Gasteiger partial charge in [0.15, 0.2) is 11.5 Å². The second kappa shape index (κ2) is 5.69. The number of carbonyl (C=O) groups is 1. The van der Waals surface area contributed by atoms with Gasteiger partial charge in [-0.1, -0.05) is 17.7 Å². The van der Waals surface area contributed by atoms with Gasteiger partial charge in [-0.05, 0) is 31.0 Å². The molecular formula is C14H16O4. The first-order valence-electron chi connectivity index (χ1n) is 5.80. The largest absolute Gasteiger partial charge is 0.493 e. The Balaban J connectivity index is 2.24. The molecule has 0 fully saturated rings. The zero-order valence-corrected chi connectivity index (χ0v) is 10.5. The van der Waals surface area contributed by atoms with Gasteiger partial charge in [-0.25, -0.2) is 0 Å². The zero-order chi connectivity index (χ0) is 13.0. The van der Waals surface area contributed by atoms with E-state index in [9.17, 15) is 4.79 Å². The number of carbonyl (C=O) groups excluding carboxylic acids is 1. The van der Waals surface area contributed by atoms with E-state index in [1.54, 1.807) is 13.2 Å². The van der Waals surface area contributed by atoms with Gasteiger partial charge in [0, 0.05) is 0 Å². The molecule has 0 saturated carbocycles. The maximum atomic E-state index is 10.4. The van der Waals surface area contributed by atoms with Gasteiger partial charge in [-0.15, -0.1) is 0 Å². The van der Waals surface area contributed by atoms with Crippen LogP contribution >= 0.6 is 0 Å². The summed E-state index contributed by atoms with van der Waals surface area (Å²) < 4.78 is 15.7.